The van der Waals surface area contributed by atoms with Crippen LogP contribution in [0.5, 0.6) is 0 Å². The minimum Gasteiger partial charge on any atom is -0.366 e. The standard InChI is InChI=1S/C23H26N6O/c30-23(15-2-1-3-15)29-21-11-18-10-16(4-5-17(18)12-26-21)20-13-25-14-22(28-20)27-19-6-8-24-9-7-19/h4-5,10-15,19,24H,1-3,6-9H2,(H,27,28)(H,26,29,30). The number of pyridine rings is 1. The molecule has 2 aliphatic rings. The third kappa shape index (κ3) is 4.11. The molecule has 3 N–H and O–H groups in total. The van der Waals surface area contributed by atoms with Crippen LogP contribution < -0.4 is 16.0 Å². The van der Waals surface area contributed by atoms with Gasteiger partial charge in [0.25, 0.3) is 0 Å². The maximum atomic E-state index is 12.2. The summed E-state index contributed by atoms with van der Waals surface area (Å²) >= 11 is 0. The number of nitrogens with one attached hydrogen (secondary N) is 3. The second-order valence-electron chi connectivity index (χ2n) is 8.21. The van der Waals surface area contributed by atoms with Crippen molar-refractivity contribution in [3.8, 4) is 11.3 Å². The van der Waals surface area contributed by atoms with Crippen molar-refractivity contribution in [3.63, 3.8) is 0 Å². The Kier molecular flexibility index (Phi) is 5.27. The average Bonchev–Trinajstić information content (AvgIpc) is 2.73. The van der Waals surface area contributed by atoms with E-state index in [0.29, 0.717) is 11.9 Å². The first-order chi connectivity index (χ1) is 14.7. The lowest BCUT2D eigenvalue weighted by atomic mass is 9.85. The van der Waals surface area contributed by atoms with Gasteiger partial charge in [-0.15, -0.1) is 0 Å². The van der Waals surface area contributed by atoms with E-state index < -0.39 is 0 Å². The third-order valence-electron chi connectivity index (χ3n) is 6.07. The average molecular weight is 403 g/mol. The monoisotopic (exact) mass is 402 g/mol. The van der Waals surface area contributed by atoms with E-state index in [9.17, 15) is 4.79 Å². The summed E-state index contributed by atoms with van der Waals surface area (Å²) in [5.41, 5.74) is 1.82. The Morgan fingerprint density at radius 2 is 1.83 bits per heavy atom. The van der Waals surface area contributed by atoms with E-state index in [1.807, 2.05) is 18.2 Å². The lowest BCUT2D eigenvalue weighted by molar-refractivity contribution is -0.122. The number of carbonyl (C=O) groups excluding carboxylic acids is 1. The minimum atomic E-state index is 0.0757. The molecule has 30 heavy (non-hydrogen) atoms. The van der Waals surface area contributed by atoms with E-state index in [0.717, 1.165) is 73.0 Å². The number of aromatic nitrogens is 3. The van der Waals surface area contributed by atoms with Crippen molar-refractivity contribution < 1.29 is 4.79 Å². The van der Waals surface area contributed by atoms with Crippen molar-refractivity contribution >= 4 is 28.3 Å². The van der Waals surface area contributed by atoms with Gasteiger partial charge in [0, 0.05) is 29.1 Å². The zero-order valence-electron chi connectivity index (χ0n) is 16.9. The summed E-state index contributed by atoms with van der Waals surface area (Å²) in [6, 6.07) is 8.51. The van der Waals surface area contributed by atoms with Crippen molar-refractivity contribution in [3.05, 3.63) is 42.9 Å². The molecular formula is C23H26N6O. The summed E-state index contributed by atoms with van der Waals surface area (Å²) in [5.74, 6) is 1.62. The van der Waals surface area contributed by atoms with Crippen LogP contribution in [0, 0.1) is 5.92 Å². The SMILES string of the molecule is O=C(Nc1cc2cc(-c3cncc(NC4CCNCC4)n3)ccc2cn1)C1CCC1. The normalized spacial score (nSPS) is 17.5. The van der Waals surface area contributed by atoms with Gasteiger partial charge in [-0.05, 0) is 56.3 Å². The summed E-state index contributed by atoms with van der Waals surface area (Å²) in [7, 11) is 0. The Morgan fingerprint density at radius 3 is 2.63 bits per heavy atom. The molecule has 1 amide bonds. The van der Waals surface area contributed by atoms with Crippen LogP contribution in [-0.2, 0) is 4.79 Å². The van der Waals surface area contributed by atoms with E-state index in [1.165, 1.54) is 0 Å². The number of piperidine rings is 1. The maximum absolute atomic E-state index is 12.2. The van der Waals surface area contributed by atoms with E-state index in [4.69, 9.17) is 4.98 Å². The lowest BCUT2D eigenvalue weighted by Gasteiger charge is -2.24. The first-order valence-corrected chi connectivity index (χ1v) is 10.7. The Hall–Kier alpha value is -3.06. The number of anilines is 2. The second kappa shape index (κ2) is 8.36. The van der Waals surface area contributed by atoms with Crippen LogP contribution in [-0.4, -0.2) is 40.0 Å². The van der Waals surface area contributed by atoms with Crippen LogP contribution in [0.15, 0.2) is 42.9 Å². The molecule has 154 valence electrons. The molecule has 3 aromatic rings. The van der Waals surface area contributed by atoms with Gasteiger partial charge in [0.05, 0.1) is 18.1 Å². The quantitative estimate of drug-likeness (QED) is 0.604. The van der Waals surface area contributed by atoms with E-state index >= 15 is 0 Å². The fourth-order valence-corrected chi connectivity index (χ4v) is 4.02. The highest BCUT2D eigenvalue weighted by atomic mass is 16.2. The van der Waals surface area contributed by atoms with Gasteiger partial charge < -0.3 is 16.0 Å². The molecule has 1 saturated carbocycles. The van der Waals surface area contributed by atoms with Gasteiger partial charge in [-0.1, -0.05) is 18.6 Å². The highest BCUT2D eigenvalue weighted by Crippen LogP contribution is 2.28. The molecule has 1 aliphatic carbocycles. The van der Waals surface area contributed by atoms with Crippen LogP contribution in [0.1, 0.15) is 32.1 Å². The summed E-state index contributed by atoms with van der Waals surface area (Å²) in [4.78, 5) is 25.8. The first kappa shape index (κ1) is 18.9. The van der Waals surface area contributed by atoms with Crippen LogP contribution in [0.25, 0.3) is 22.0 Å². The minimum absolute atomic E-state index is 0.0757. The molecule has 2 fully saturated rings. The number of nitrogens with zero attached hydrogens (tertiary/aromatic N) is 3. The van der Waals surface area contributed by atoms with Gasteiger partial charge in [-0.2, -0.15) is 0 Å². The van der Waals surface area contributed by atoms with Crippen molar-refractivity contribution in [2.75, 3.05) is 23.7 Å². The van der Waals surface area contributed by atoms with Crippen LogP contribution in [0.4, 0.5) is 11.6 Å². The molecule has 0 bridgehead atoms. The second-order valence-corrected chi connectivity index (χ2v) is 8.21. The fourth-order valence-electron chi connectivity index (χ4n) is 4.02. The Labute approximate surface area is 175 Å². The molecule has 0 unspecified atom stereocenters. The zero-order valence-corrected chi connectivity index (χ0v) is 16.9. The van der Waals surface area contributed by atoms with Gasteiger partial charge in [0.2, 0.25) is 5.91 Å². The summed E-state index contributed by atoms with van der Waals surface area (Å²) < 4.78 is 0. The topological polar surface area (TPSA) is 91.8 Å². The van der Waals surface area contributed by atoms with Crippen molar-refractivity contribution in [2.45, 2.75) is 38.1 Å². The number of amides is 1. The molecule has 0 radical (unpaired) electrons. The predicted molar refractivity (Wildman–Crippen MR) is 118 cm³/mol. The van der Waals surface area contributed by atoms with Gasteiger partial charge in [0.1, 0.15) is 11.6 Å². The van der Waals surface area contributed by atoms with E-state index in [-0.39, 0.29) is 11.8 Å². The highest BCUT2D eigenvalue weighted by molar-refractivity contribution is 5.95. The summed E-state index contributed by atoms with van der Waals surface area (Å²) in [5, 5.41) is 11.9. The number of benzene rings is 1. The number of hydrogen-bond donors (Lipinski definition) is 3. The van der Waals surface area contributed by atoms with Crippen LogP contribution in [0.2, 0.25) is 0 Å². The smallest absolute Gasteiger partial charge is 0.228 e. The molecule has 7 nitrogen and oxygen atoms in total. The summed E-state index contributed by atoms with van der Waals surface area (Å²) in [6.45, 7) is 2.06. The summed E-state index contributed by atoms with van der Waals surface area (Å²) in [6.07, 6.45) is 10.6. The van der Waals surface area contributed by atoms with Crippen molar-refractivity contribution in [1.29, 1.82) is 0 Å². The number of fused-ring (bicyclic) bond motifs is 1. The largest absolute Gasteiger partial charge is 0.366 e. The Bertz CT molecular complexity index is 1060. The van der Waals surface area contributed by atoms with E-state index in [2.05, 4.69) is 32.0 Å². The van der Waals surface area contributed by atoms with Crippen molar-refractivity contribution in [1.82, 2.24) is 20.3 Å². The van der Waals surface area contributed by atoms with E-state index in [1.54, 1.807) is 18.6 Å². The van der Waals surface area contributed by atoms with Gasteiger partial charge >= 0.3 is 0 Å². The molecule has 1 aliphatic heterocycles. The molecule has 1 aromatic carbocycles. The number of rotatable bonds is 5. The van der Waals surface area contributed by atoms with Crippen LogP contribution >= 0.6 is 0 Å². The lowest BCUT2D eigenvalue weighted by Crippen LogP contribution is -2.35. The maximum Gasteiger partial charge on any atom is 0.228 e. The van der Waals surface area contributed by atoms with Crippen LogP contribution in [0.3, 0.4) is 0 Å². The highest BCUT2D eigenvalue weighted by Gasteiger charge is 2.25. The van der Waals surface area contributed by atoms with Gasteiger partial charge in [-0.25, -0.2) is 9.97 Å². The number of carbonyl (C=O) groups is 1. The van der Waals surface area contributed by atoms with Gasteiger partial charge in [0.15, 0.2) is 0 Å². The molecule has 0 spiro atoms. The predicted octanol–water partition coefficient (Wildman–Crippen LogP) is 3.59. The first-order valence-electron chi connectivity index (χ1n) is 10.7. The number of hydrogen-bond acceptors (Lipinski definition) is 6. The fraction of sp³-hybridized carbons (Fsp3) is 0.391. The molecule has 2 aromatic heterocycles. The van der Waals surface area contributed by atoms with Gasteiger partial charge in [-0.3, -0.25) is 9.78 Å². The molecule has 7 heteroatoms. The molecule has 0 atom stereocenters. The Balaban J connectivity index is 1.37. The third-order valence-corrected chi connectivity index (χ3v) is 6.07. The molecule has 5 rings (SSSR count). The molecule has 1 saturated heterocycles. The molecule has 3 heterocycles. The molecular weight excluding hydrogens is 376 g/mol. The zero-order chi connectivity index (χ0) is 20.3. The Morgan fingerprint density at radius 1 is 0.967 bits per heavy atom. The van der Waals surface area contributed by atoms with Crippen molar-refractivity contribution in [2.24, 2.45) is 5.92 Å².